The van der Waals surface area contributed by atoms with E-state index in [1.807, 2.05) is 0 Å². The summed E-state index contributed by atoms with van der Waals surface area (Å²) in [5.74, 6) is 0.132. The van der Waals surface area contributed by atoms with Crippen LogP contribution in [0.5, 0.6) is 0 Å². The van der Waals surface area contributed by atoms with Gasteiger partial charge in [0.1, 0.15) is 0 Å². The minimum atomic E-state index is -0.112. The minimum Gasteiger partial charge on any atom is -1.00 e. The molecule has 2 aliphatic rings. The third-order valence-electron chi connectivity index (χ3n) is 10.4. The summed E-state index contributed by atoms with van der Waals surface area (Å²) < 4.78 is 5.81. The Morgan fingerprint density at radius 2 is 1.10 bits per heavy atom. The van der Waals surface area contributed by atoms with Crippen LogP contribution in [0.2, 0.25) is 0 Å². The molecule has 2 saturated heterocycles. The summed E-state index contributed by atoms with van der Waals surface area (Å²) in [6.07, 6.45) is 25.5. The van der Waals surface area contributed by atoms with Gasteiger partial charge >= 0.3 is 5.97 Å². The van der Waals surface area contributed by atoms with E-state index in [2.05, 4.69) is 75.5 Å². The average molecular weight is 872 g/mol. The van der Waals surface area contributed by atoms with Crippen molar-refractivity contribution in [2.45, 2.75) is 157 Å². The van der Waals surface area contributed by atoms with Crippen molar-refractivity contribution in [3.8, 4) is 0 Å². The van der Waals surface area contributed by atoms with Crippen LogP contribution in [0.1, 0.15) is 157 Å². The molecule has 10 heteroatoms. The van der Waals surface area contributed by atoms with E-state index in [1.54, 1.807) is 0 Å². The van der Waals surface area contributed by atoms with Gasteiger partial charge in [-0.25, -0.2) is 0 Å². The number of hydrogen-bond donors (Lipinski definition) is 1. The molecule has 0 atom stereocenters. The molecule has 0 spiro atoms. The highest BCUT2D eigenvalue weighted by Gasteiger charge is 2.28. The second kappa shape index (κ2) is 40.4. The largest absolute Gasteiger partial charge is 1.00 e. The zero-order chi connectivity index (χ0) is 37.1. The molecule has 0 unspecified atom stereocenters. The van der Waals surface area contributed by atoms with Crippen LogP contribution in [0.25, 0.3) is 0 Å². The molecular formula is C42H89Br2N5O3. The number of quaternary nitrogens is 1. The predicted molar refractivity (Wildman–Crippen MR) is 226 cm³/mol. The van der Waals surface area contributed by atoms with Gasteiger partial charge in [0.2, 0.25) is 5.91 Å². The van der Waals surface area contributed by atoms with E-state index in [-0.39, 0.29) is 36.3 Å². The first kappa shape index (κ1) is 56.1. The molecule has 1 N–H and O–H groups in total. The number of carbonyl (C=O) groups is 2. The molecule has 0 radical (unpaired) electrons. The SMILES string of the molecule is C.CCCCCCBr.CCCCCCCCCCCCNC(=O)CCN1CC[N+](C)(CCCCCC)CC1.COC(=O)CCN1CCN(C)CC1.[Br-]. The van der Waals surface area contributed by atoms with Gasteiger partial charge in [0.15, 0.2) is 0 Å². The molecule has 2 aliphatic heterocycles. The van der Waals surface area contributed by atoms with Crippen LogP contribution in [-0.4, -0.2) is 136 Å². The number of alkyl halides is 1. The number of ether oxygens (including phenoxy) is 1. The first-order valence-electron chi connectivity index (χ1n) is 21.1. The van der Waals surface area contributed by atoms with E-state index in [9.17, 15) is 9.59 Å². The van der Waals surface area contributed by atoms with Gasteiger partial charge in [0, 0.05) is 70.7 Å². The van der Waals surface area contributed by atoms with Gasteiger partial charge in [-0.3, -0.25) is 14.5 Å². The molecule has 8 nitrogen and oxygen atoms in total. The highest BCUT2D eigenvalue weighted by atomic mass is 79.9. The first-order chi connectivity index (χ1) is 24.2. The molecule has 0 aromatic rings. The lowest BCUT2D eigenvalue weighted by atomic mass is 10.1. The fourth-order valence-electron chi connectivity index (χ4n) is 6.49. The van der Waals surface area contributed by atoms with Crippen LogP contribution in [0.15, 0.2) is 0 Å². The summed E-state index contributed by atoms with van der Waals surface area (Å²) in [6.45, 7) is 19.8. The molecule has 0 aliphatic carbocycles. The quantitative estimate of drug-likeness (QED) is 0.0488. The lowest BCUT2D eigenvalue weighted by Crippen LogP contribution is -3.00. The Kier molecular flexibility index (Phi) is 43.6. The summed E-state index contributed by atoms with van der Waals surface area (Å²) in [4.78, 5) is 30.1. The van der Waals surface area contributed by atoms with E-state index in [0.29, 0.717) is 12.8 Å². The Morgan fingerprint density at radius 3 is 1.60 bits per heavy atom. The first-order valence-corrected chi connectivity index (χ1v) is 22.2. The molecule has 2 heterocycles. The lowest BCUT2D eigenvalue weighted by molar-refractivity contribution is -0.913. The number of esters is 1. The van der Waals surface area contributed by atoms with Gasteiger partial charge in [-0.1, -0.05) is 134 Å². The van der Waals surface area contributed by atoms with Crippen molar-refractivity contribution in [2.24, 2.45) is 0 Å². The number of carbonyl (C=O) groups excluding carboxylic acids is 2. The fourth-order valence-corrected chi connectivity index (χ4v) is 6.89. The van der Waals surface area contributed by atoms with E-state index in [1.165, 1.54) is 146 Å². The number of methoxy groups -OCH3 is 1. The monoisotopic (exact) mass is 870 g/mol. The van der Waals surface area contributed by atoms with Gasteiger partial charge in [0.25, 0.3) is 0 Å². The van der Waals surface area contributed by atoms with Crippen LogP contribution in [0.3, 0.4) is 0 Å². The van der Waals surface area contributed by atoms with Gasteiger partial charge < -0.3 is 41.3 Å². The highest BCUT2D eigenvalue weighted by Crippen LogP contribution is 2.14. The Hall–Kier alpha value is -0.260. The standard InChI is InChI=1S/C26H53N3O.C9H18N2O2.C6H13Br.CH4.BrH/c1-4-6-8-10-11-12-13-14-15-16-19-27-26(30)18-20-28-21-24-29(3,25-22-28)23-17-9-7-5-2;1-10-5-7-11(8-6-10)4-3-9(12)13-2;1-2-3-4-5-6-7;;/h4-25H2,1-3H3;3-8H2,1-2H3;2-6H2,1H3;1H4;1H. The Balaban J connectivity index is -0.000000897. The number of likely N-dealkylation sites (N-methyl/N-ethyl adjacent to an activating group) is 2. The van der Waals surface area contributed by atoms with Crippen molar-refractivity contribution in [1.82, 2.24) is 20.0 Å². The molecule has 0 saturated carbocycles. The van der Waals surface area contributed by atoms with Gasteiger partial charge in [-0.05, 0) is 32.7 Å². The molecule has 2 fully saturated rings. The Bertz CT molecular complexity index is 760. The summed E-state index contributed by atoms with van der Waals surface area (Å²) in [5, 5.41) is 4.31. The molecule has 314 valence electrons. The topological polar surface area (TPSA) is 65.1 Å². The molecule has 0 aromatic carbocycles. The van der Waals surface area contributed by atoms with Crippen LogP contribution in [-0.2, 0) is 14.3 Å². The number of nitrogens with zero attached hydrogens (tertiary/aromatic N) is 4. The molecule has 52 heavy (non-hydrogen) atoms. The summed E-state index contributed by atoms with van der Waals surface area (Å²) in [7, 11) is 5.98. The normalized spacial score (nSPS) is 15.9. The maximum Gasteiger partial charge on any atom is 0.306 e. The summed E-state index contributed by atoms with van der Waals surface area (Å²) in [6, 6.07) is 0. The Labute approximate surface area is 343 Å². The highest BCUT2D eigenvalue weighted by molar-refractivity contribution is 9.09. The second-order valence-electron chi connectivity index (χ2n) is 15.2. The van der Waals surface area contributed by atoms with Crippen molar-refractivity contribution in [2.75, 3.05) is 105 Å². The number of rotatable bonds is 26. The number of nitrogens with one attached hydrogen (secondary N) is 1. The van der Waals surface area contributed by atoms with E-state index in [4.69, 9.17) is 0 Å². The summed E-state index contributed by atoms with van der Waals surface area (Å²) >= 11 is 3.38. The molecule has 0 bridgehead atoms. The zero-order valence-electron chi connectivity index (χ0n) is 34.6. The zero-order valence-corrected chi connectivity index (χ0v) is 37.8. The van der Waals surface area contributed by atoms with Crippen molar-refractivity contribution in [1.29, 1.82) is 0 Å². The van der Waals surface area contributed by atoms with E-state index < -0.39 is 0 Å². The molecule has 1 amide bonds. The van der Waals surface area contributed by atoms with Gasteiger partial charge in [0.05, 0.1) is 40.2 Å². The Morgan fingerprint density at radius 1 is 0.654 bits per heavy atom. The van der Waals surface area contributed by atoms with Gasteiger partial charge in [-0.15, -0.1) is 0 Å². The maximum atomic E-state index is 12.1. The van der Waals surface area contributed by atoms with E-state index in [0.717, 1.165) is 65.3 Å². The number of halogens is 2. The number of amides is 1. The van der Waals surface area contributed by atoms with E-state index >= 15 is 0 Å². The van der Waals surface area contributed by atoms with Crippen molar-refractivity contribution in [3.63, 3.8) is 0 Å². The molecule has 2 rings (SSSR count). The van der Waals surface area contributed by atoms with Crippen LogP contribution >= 0.6 is 15.9 Å². The summed E-state index contributed by atoms with van der Waals surface area (Å²) in [5.41, 5.74) is 0. The van der Waals surface area contributed by atoms with Crippen LogP contribution in [0.4, 0.5) is 0 Å². The van der Waals surface area contributed by atoms with Crippen molar-refractivity contribution < 1.29 is 35.8 Å². The maximum absolute atomic E-state index is 12.1. The van der Waals surface area contributed by atoms with Crippen molar-refractivity contribution >= 4 is 27.8 Å². The number of piperazine rings is 2. The fraction of sp³-hybridized carbons (Fsp3) is 0.952. The minimum absolute atomic E-state index is 0. The lowest BCUT2D eigenvalue weighted by Gasteiger charge is -2.42. The van der Waals surface area contributed by atoms with Crippen LogP contribution in [0, 0.1) is 0 Å². The number of unbranched alkanes of at least 4 members (excludes halogenated alkanes) is 15. The van der Waals surface area contributed by atoms with Crippen LogP contribution < -0.4 is 22.3 Å². The molecular weight excluding hydrogens is 782 g/mol. The third-order valence-corrected chi connectivity index (χ3v) is 11.0. The van der Waals surface area contributed by atoms with Gasteiger partial charge in [-0.2, -0.15) is 0 Å². The third kappa shape index (κ3) is 35.4. The second-order valence-corrected chi connectivity index (χ2v) is 16.0. The van der Waals surface area contributed by atoms with Crippen molar-refractivity contribution in [3.05, 3.63) is 0 Å². The smallest absolute Gasteiger partial charge is 0.306 e. The predicted octanol–water partition coefficient (Wildman–Crippen LogP) is 6.15. The molecule has 0 aromatic heterocycles. The number of hydrogen-bond acceptors (Lipinski definition) is 6. The average Bonchev–Trinajstić information content (AvgIpc) is 3.12.